The molecule has 1 fully saturated rings. The fourth-order valence-corrected chi connectivity index (χ4v) is 4.06. The number of hydrogen-bond acceptors (Lipinski definition) is 3. The average molecular weight is 254 g/mol. The van der Waals surface area contributed by atoms with E-state index in [1.807, 2.05) is 32.0 Å². The van der Waals surface area contributed by atoms with Gasteiger partial charge in [0.15, 0.2) is 0 Å². The van der Waals surface area contributed by atoms with Crippen LogP contribution < -0.4 is 10.0 Å². The van der Waals surface area contributed by atoms with E-state index in [0.717, 1.165) is 16.8 Å². The summed E-state index contributed by atoms with van der Waals surface area (Å²) >= 11 is 0. The van der Waals surface area contributed by atoms with Gasteiger partial charge in [-0.3, -0.25) is 4.31 Å². The van der Waals surface area contributed by atoms with Crippen LogP contribution in [0.4, 0.5) is 5.69 Å². The summed E-state index contributed by atoms with van der Waals surface area (Å²) in [5, 5.41) is -0.428. The van der Waals surface area contributed by atoms with Gasteiger partial charge in [-0.05, 0) is 37.5 Å². The number of aryl methyl sites for hydroxylation is 1. The fourth-order valence-electron chi connectivity index (χ4n) is 2.22. The molecule has 1 saturated heterocycles. The van der Waals surface area contributed by atoms with Crippen LogP contribution in [0.2, 0.25) is 0 Å². The van der Waals surface area contributed by atoms with Crippen molar-refractivity contribution in [1.29, 1.82) is 0 Å². The molecule has 0 spiro atoms. The van der Waals surface area contributed by atoms with Crippen molar-refractivity contribution in [2.45, 2.75) is 25.5 Å². The Labute approximate surface area is 102 Å². The molecule has 5 heteroatoms. The number of benzene rings is 1. The largest absolute Gasteiger partial charge is 0.329 e. The van der Waals surface area contributed by atoms with Crippen LogP contribution in [0.1, 0.15) is 17.5 Å². The predicted molar refractivity (Wildman–Crippen MR) is 69.6 cm³/mol. The van der Waals surface area contributed by atoms with E-state index in [-0.39, 0.29) is 6.54 Å². The first-order valence-corrected chi connectivity index (χ1v) is 7.26. The van der Waals surface area contributed by atoms with Gasteiger partial charge in [-0.25, -0.2) is 8.42 Å². The second-order valence-electron chi connectivity index (χ2n) is 4.48. The smallest absolute Gasteiger partial charge is 0.239 e. The molecule has 0 unspecified atom stereocenters. The fraction of sp³-hybridized carbons (Fsp3) is 0.500. The molecule has 1 aliphatic rings. The van der Waals surface area contributed by atoms with E-state index in [1.165, 1.54) is 4.31 Å². The summed E-state index contributed by atoms with van der Waals surface area (Å²) in [5.41, 5.74) is 8.43. The van der Waals surface area contributed by atoms with E-state index >= 15 is 0 Å². The zero-order valence-electron chi connectivity index (χ0n) is 10.2. The van der Waals surface area contributed by atoms with Gasteiger partial charge in [-0.1, -0.05) is 12.1 Å². The van der Waals surface area contributed by atoms with Crippen molar-refractivity contribution in [3.8, 4) is 0 Å². The first kappa shape index (κ1) is 12.4. The molecule has 1 aromatic carbocycles. The van der Waals surface area contributed by atoms with Gasteiger partial charge >= 0.3 is 0 Å². The molecule has 0 bridgehead atoms. The van der Waals surface area contributed by atoms with Crippen LogP contribution in [-0.2, 0) is 10.0 Å². The molecule has 0 amide bonds. The second kappa shape index (κ2) is 4.31. The molecule has 1 aliphatic heterocycles. The minimum atomic E-state index is -3.26. The maximum atomic E-state index is 12.2. The molecule has 2 N–H and O–H groups in total. The lowest BCUT2D eigenvalue weighted by Crippen LogP contribution is -2.33. The number of nitrogens with two attached hydrogens (primary N) is 1. The number of anilines is 1. The second-order valence-corrected chi connectivity index (χ2v) is 6.62. The Balaban J connectivity index is 2.46. The van der Waals surface area contributed by atoms with E-state index in [1.54, 1.807) is 0 Å². The van der Waals surface area contributed by atoms with Gasteiger partial charge in [0.1, 0.15) is 0 Å². The van der Waals surface area contributed by atoms with Crippen molar-refractivity contribution in [2.24, 2.45) is 5.73 Å². The molecular weight excluding hydrogens is 236 g/mol. The van der Waals surface area contributed by atoms with Gasteiger partial charge in [0.2, 0.25) is 10.0 Å². The van der Waals surface area contributed by atoms with E-state index in [0.29, 0.717) is 13.0 Å². The Morgan fingerprint density at radius 2 is 2.12 bits per heavy atom. The molecular formula is C12H18N2O2S. The molecule has 2 rings (SSSR count). The molecule has 1 atom stereocenters. The molecule has 1 aromatic rings. The minimum Gasteiger partial charge on any atom is -0.329 e. The van der Waals surface area contributed by atoms with Crippen LogP contribution in [0, 0.1) is 13.8 Å². The third-order valence-electron chi connectivity index (χ3n) is 3.49. The van der Waals surface area contributed by atoms with Crippen molar-refractivity contribution in [3.63, 3.8) is 0 Å². The lowest BCUT2D eigenvalue weighted by Gasteiger charge is -2.21. The highest BCUT2D eigenvalue weighted by atomic mass is 32.2. The van der Waals surface area contributed by atoms with Gasteiger partial charge in [-0.15, -0.1) is 0 Å². The van der Waals surface area contributed by atoms with E-state index in [9.17, 15) is 8.42 Å². The Bertz CT molecular complexity index is 525. The molecule has 1 heterocycles. The third kappa shape index (κ3) is 1.93. The lowest BCUT2D eigenvalue weighted by molar-refractivity contribution is 0.588. The van der Waals surface area contributed by atoms with Crippen LogP contribution in [-0.4, -0.2) is 26.8 Å². The van der Waals surface area contributed by atoms with Crippen LogP contribution in [0.5, 0.6) is 0 Å². The summed E-state index contributed by atoms with van der Waals surface area (Å²) in [6, 6.07) is 5.74. The van der Waals surface area contributed by atoms with Gasteiger partial charge in [0.25, 0.3) is 0 Å². The summed E-state index contributed by atoms with van der Waals surface area (Å²) in [6.07, 6.45) is 0.617. The number of rotatable bonds is 2. The van der Waals surface area contributed by atoms with E-state index in [4.69, 9.17) is 5.73 Å². The standard InChI is InChI=1S/C12H18N2O2S/c1-9-4-3-5-12(10(9)2)14-7-6-11(8-13)17(14,15)16/h3-5,11H,6-8,13H2,1-2H3/t11-/m0/s1. The SMILES string of the molecule is Cc1cccc(N2CC[C@@H](CN)S2(=O)=O)c1C. The monoisotopic (exact) mass is 254 g/mol. The molecule has 94 valence electrons. The molecule has 0 saturated carbocycles. The van der Waals surface area contributed by atoms with Crippen molar-refractivity contribution in [3.05, 3.63) is 29.3 Å². The Hall–Kier alpha value is -1.07. The van der Waals surface area contributed by atoms with Gasteiger partial charge in [0.05, 0.1) is 10.9 Å². The Kier molecular flexibility index (Phi) is 3.14. The maximum Gasteiger partial charge on any atom is 0.239 e. The molecule has 17 heavy (non-hydrogen) atoms. The minimum absolute atomic E-state index is 0.198. The topological polar surface area (TPSA) is 63.4 Å². The Morgan fingerprint density at radius 3 is 2.71 bits per heavy atom. The lowest BCUT2D eigenvalue weighted by atomic mass is 10.1. The number of hydrogen-bond donors (Lipinski definition) is 1. The maximum absolute atomic E-state index is 12.2. The highest BCUT2D eigenvalue weighted by Gasteiger charge is 2.38. The molecule has 4 nitrogen and oxygen atoms in total. The summed E-state index contributed by atoms with van der Waals surface area (Å²) in [5.74, 6) is 0. The number of nitrogens with zero attached hydrogens (tertiary/aromatic N) is 1. The molecule has 0 radical (unpaired) electrons. The highest BCUT2D eigenvalue weighted by molar-refractivity contribution is 7.93. The highest BCUT2D eigenvalue weighted by Crippen LogP contribution is 2.31. The zero-order valence-corrected chi connectivity index (χ0v) is 11.0. The van der Waals surface area contributed by atoms with Crippen LogP contribution in [0.3, 0.4) is 0 Å². The van der Waals surface area contributed by atoms with Crippen molar-refractivity contribution in [2.75, 3.05) is 17.4 Å². The van der Waals surface area contributed by atoms with Crippen molar-refractivity contribution >= 4 is 15.7 Å². The van der Waals surface area contributed by atoms with Crippen LogP contribution >= 0.6 is 0 Å². The zero-order chi connectivity index (χ0) is 12.6. The van der Waals surface area contributed by atoms with Gasteiger partial charge < -0.3 is 5.73 Å². The first-order chi connectivity index (χ1) is 7.98. The third-order valence-corrected chi connectivity index (χ3v) is 5.75. The summed E-state index contributed by atoms with van der Waals surface area (Å²) < 4.78 is 26.0. The van der Waals surface area contributed by atoms with Crippen molar-refractivity contribution in [1.82, 2.24) is 0 Å². The average Bonchev–Trinajstić information content (AvgIpc) is 2.57. The quantitative estimate of drug-likeness (QED) is 0.861. The molecule has 0 aliphatic carbocycles. The van der Waals surface area contributed by atoms with E-state index < -0.39 is 15.3 Å². The number of sulfonamides is 1. The van der Waals surface area contributed by atoms with Crippen molar-refractivity contribution < 1.29 is 8.42 Å². The molecule has 0 aromatic heterocycles. The van der Waals surface area contributed by atoms with Crippen LogP contribution in [0.15, 0.2) is 18.2 Å². The summed E-state index contributed by atoms with van der Waals surface area (Å²) in [7, 11) is -3.26. The summed E-state index contributed by atoms with van der Waals surface area (Å²) in [4.78, 5) is 0. The van der Waals surface area contributed by atoms with Gasteiger partial charge in [0, 0.05) is 13.1 Å². The summed E-state index contributed by atoms with van der Waals surface area (Å²) in [6.45, 7) is 4.68. The Morgan fingerprint density at radius 1 is 1.41 bits per heavy atom. The van der Waals surface area contributed by atoms with Crippen LogP contribution in [0.25, 0.3) is 0 Å². The normalized spacial score (nSPS) is 23.0. The van der Waals surface area contributed by atoms with E-state index in [2.05, 4.69) is 0 Å². The first-order valence-electron chi connectivity index (χ1n) is 5.76. The predicted octanol–water partition coefficient (Wildman–Crippen LogP) is 1.17. The van der Waals surface area contributed by atoms with Gasteiger partial charge in [-0.2, -0.15) is 0 Å².